The maximum Gasteiger partial charge on any atom is 0.401 e. The molecule has 2 rings (SSSR count). The average Bonchev–Trinajstić information content (AvgIpc) is 2.37. The Balaban J connectivity index is 1.98. The molecular formula is C14H18BrF3N2O. The van der Waals surface area contributed by atoms with E-state index in [0.717, 1.165) is 15.7 Å². The van der Waals surface area contributed by atoms with Crippen molar-refractivity contribution in [3.05, 3.63) is 28.2 Å². The Morgan fingerprint density at radius 1 is 1.24 bits per heavy atom. The molecule has 7 heteroatoms. The third-order valence-electron chi connectivity index (χ3n) is 3.57. The second kappa shape index (κ2) is 6.54. The zero-order valence-electron chi connectivity index (χ0n) is 11.7. The minimum Gasteiger partial charge on any atom is -0.389 e. The Hall–Kier alpha value is -0.790. The van der Waals surface area contributed by atoms with Gasteiger partial charge in [0.05, 0.1) is 12.6 Å². The molecule has 1 saturated heterocycles. The molecule has 0 saturated carbocycles. The van der Waals surface area contributed by atoms with Gasteiger partial charge in [-0.3, -0.25) is 4.90 Å². The molecule has 1 aliphatic heterocycles. The first-order chi connectivity index (χ1) is 9.76. The van der Waals surface area contributed by atoms with Gasteiger partial charge in [0, 0.05) is 36.3 Å². The number of nitrogens with zero attached hydrogens (tertiary/aromatic N) is 2. The van der Waals surface area contributed by atoms with E-state index >= 15 is 0 Å². The first kappa shape index (κ1) is 16.6. The number of alkyl halides is 3. The van der Waals surface area contributed by atoms with Crippen LogP contribution in [-0.2, 0) is 0 Å². The molecule has 1 heterocycles. The molecule has 1 atom stereocenters. The fraction of sp³-hybridized carbons (Fsp3) is 0.571. The summed E-state index contributed by atoms with van der Waals surface area (Å²) in [6.07, 6.45) is -4.69. The predicted octanol–water partition coefficient (Wildman–Crippen LogP) is 3.19. The van der Waals surface area contributed by atoms with E-state index in [1.54, 1.807) is 6.92 Å². The third kappa shape index (κ3) is 4.59. The Bertz CT molecular complexity index is 486. The molecule has 1 aliphatic rings. The minimum absolute atomic E-state index is 0.398. The number of benzene rings is 1. The highest BCUT2D eigenvalue weighted by atomic mass is 79.9. The number of halogens is 4. The molecule has 21 heavy (non-hydrogen) atoms. The van der Waals surface area contributed by atoms with Crippen LogP contribution in [-0.4, -0.2) is 48.9 Å². The molecule has 1 N–H and O–H groups in total. The van der Waals surface area contributed by atoms with Crippen LogP contribution in [0.15, 0.2) is 22.7 Å². The van der Waals surface area contributed by atoms with Crippen molar-refractivity contribution < 1.29 is 18.3 Å². The number of aliphatic hydroxyl groups is 1. The summed E-state index contributed by atoms with van der Waals surface area (Å²) in [4.78, 5) is 3.49. The summed E-state index contributed by atoms with van der Waals surface area (Å²) in [6, 6.07) is 5.64. The van der Waals surface area contributed by atoms with Crippen LogP contribution >= 0.6 is 15.9 Å². The fourth-order valence-corrected chi connectivity index (χ4v) is 3.17. The van der Waals surface area contributed by atoms with E-state index in [-0.39, 0.29) is 0 Å². The normalized spacial score (nSPS) is 18.9. The summed E-state index contributed by atoms with van der Waals surface area (Å²) in [6.45, 7) is 2.78. The van der Waals surface area contributed by atoms with Gasteiger partial charge in [-0.25, -0.2) is 0 Å². The van der Waals surface area contributed by atoms with Crippen LogP contribution in [0.5, 0.6) is 0 Å². The van der Waals surface area contributed by atoms with Gasteiger partial charge in [0.2, 0.25) is 0 Å². The second-order valence-electron chi connectivity index (χ2n) is 5.26. The van der Waals surface area contributed by atoms with Gasteiger partial charge < -0.3 is 10.0 Å². The van der Waals surface area contributed by atoms with Gasteiger partial charge in [-0.1, -0.05) is 22.0 Å². The topological polar surface area (TPSA) is 26.7 Å². The van der Waals surface area contributed by atoms with Crippen molar-refractivity contribution in [1.82, 2.24) is 4.90 Å². The monoisotopic (exact) mass is 366 g/mol. The van der Waals surface area contributed by atoms with Crippen LogP contribution < -0.4 is 4.90 Å². The van der Waals surface area contributed by atoms with Gasteiger partial charge >= 0.3 is 6.18 Å². The molecule has 0 radical (unpaired) electrons. The predicted molar refractivity (Wildman–Crippen MR) is 79.5 cm³/mol. The van der Waals surface area contributed by atoms with Crippen LogP contribution in [0.1, 0.15) is 18.6 Å². The molecule has 0 bridgehead atoms. The summed E-state index contributed by atoms with van der Waals surface area (Å²) in [5.74, 6) is 0. The maximum absolute atomic E-state index is 12.3. The van der Waals surface area contributed by atoms with Gasteiger partial charge in [0.15, 0.2) is 0 Å². The molecule has 1 unspecified atom stereocenters. The van der Waals surface area contributed by atoms with Gasteiger partial charge in [-0.2, -0.15) is 13.2 Å². The molecule has 118 valence electrons. The Morgan fingerprint density at radius 2 is 1.86 bits per heavy atom. The number of piperazine rings is 1. The van der Waals surface area contributed by atoms with Crippen molar-refractivity contribution in [2.24, 2.45) is 0 Å². The quantitative estimate of drug-likeness (QED) is 0.889. The molecule has 0 aromatic heterocycles. The molecule has 1 aromatic carbocycles. The SMILES string of the molecule is CC(O)c1ccc(N2CCN(CC(F)(F)F)CC2)cc1Br. The van der Waals surface area contributed by atoms with E-state index in [9.17, 15) is 18.3 Å². The standard InChI is InChI=1S/C14H18BrF3N2O/c1-10(21)12-3-2-11(8-13(12)15)20-6-4-19(5-7-20)9-14(16,17)18/h2-3,8,10,21H,4-7,9H2,1H3. The third-order valence-corrected chi connectivity index (χ3v) is 4.26. The summed E-state index contributed by atoms with van der Waals surface area (Å²) in [5.41, 5.74) is 1.76. The lowest BCUT2D eigenvalue weighted by molar-refractivity contribution is -0.146. The Morgan fingerprint density at radius 3 is 2.33 bits per heavy atom. The van der Waals surface area contributed by atoms with Crippen LogP contribution in [0, 0.1) is 0 Å². The summed E-state index contributed by atoms with van der Waals surface area (Å²) >= 11 is 3.42. The zero-order chi connectivity index (χ0) is 15.6. The Kier molecular flexibility index (Phi) is 5.16. The van der Waals surface area contributed by atoms with Crippen LogP contribution in [0.3, 0.4) is 0 Å². The molecule has 0 aliphatic carbocycles. The lowest BCUT2D eigenvalue weighted by Gasteiger charge is -2.36. The first-order valence-corrected chi connectivity index (χ1v) is 7.57. The molecule has 1 fully saturated rings. The highest BCUT2D eigenvalue weighted by Gasteiger charge is 2.32. The zero-order valence-corrected chi connectivity index (χ0v) is 13.3. The van der Waals surface area contributed by atoms with Crippen molar-refractivity contribution in [1.29, 1.82) is 0 Å². The van der Waals surface area contributed by atoms with Gasteiger partial charge in [0.25, 0.3) is 0 Å². The molecule has 0 spiro atoms. The summed E-state index contributed by atoms with van der Waals surface area (Å²) < 4.78 is 37.9. The largest absolute Gasteiger partial charge is 0.401 e. The van der Waals surface area contributed by atoms with Gasteiger partial charge in [-0.15, -0.1) is 0 Å². The van der Waals surface area contributed by atoms with Gasteiger partial charge in [-0.05, 0) is 24.6 Å². The Labute approximate surface area is 130 Å². The van der Waals surface area contributed by atoms with E-state index in [4.69, 9.17) is 0 Å². The first-order valence-electron chi connectivity index (χ1n) is 6.78. The highest BCUT2D eigenvalue weighted by Crippen LogP contribution is 2.29. The van der Waals surface area contributed by atoms with E-state index in [1.807, 2.05) is 18.2 Å². The molecule has 1 aromatic rings. The lowest BCUT2D eigenvalue weighted by Crippen LogP contribution is -2.49. The molecule has 0 amide bonds. The van der Waals surface area contributed by atoms with Crippen molar-refractivity contribution >= 4 is 21.6 Å². The van der Waals surface area contributed by atoms with Crippen LogP contribution in [0.25, 0.3) is 0 Å². The number of rotatable bonds is 3. The van der Waals surface area contributed by atoms with E-state index in [0.29, 0.717) is 26.2 Å². The summed E-state index contributed by atoms with van der Waals surface area (Å²) in [7, 11) is 0. The van der Waals surface area contributed by atoms with Crippen molar-refractivity contribution in [2.45, 2.75) is 19.2 Å². The average molecular weight is 367 g/mol. The molecule has 3 nitrogen and oxygen atoms in total. The van der Waals surface area contributed by atoms with Crippen LogP contribution in [0.2, 0.25) is 0 Å². The second-order valence-corrected chi connectivity index (χ2v) is 6.11. The smallest absolute Gasteiger partial charge is 0.389 e. The maximum atomic E-state index is 12.3. The molecular weight excluding hydrogens is 349 g/mol. The van der Waals surface area contributed by atoms with Gasteiger partial charge in [0.1, 0.15) is 0 Å². The van der Waals surface area contributed by atoms with Crippen LogP contribution in [0.4, 0.5) is 18.9 Å². The number of hydrogen-bond acceptors (Lipinski definition) is 3. The van der Waals surface area contributed by atoms with Crippen molar-refractivity contribution in [3.63, 3.8) is 0 Å². The van der Waals surface area contributed by atoms with Crippen molar-refractivity contribution in [2.75, 3.05) is 37.6 Å². The highest BCUT2D eigenvalue weighted by molar-refractivity contribution is 9.10. The van der Waals surface area contributed by atoms with Crippen molar-refractivity contribution in [3.8, 4) is 0 Å². The minimum atomic E-state index is -4.13. The van der Waals surface area contributed by atoms with E-state index in [1.165, 1.54) is 4.90 Å². The number of aliphatic hydroxyl groups excluding tert-OH is 1. The fourth-order valence-electron chi connectivity index (χ4n) is 2.47. The summed E-state index contributed by atoms with van der Waals surface area (Å²) in [5, 5.41) is 9.59. The van der Waals surface area contributed by atoms with E-state index < -0.39 is 18.8 Å². The van der Waals surface area contributed by atoms with E-state index in [2.05, 4.69) is 20.8 Å². The number of anilines is 1. The lowest BCUT2D eigenvalue weighted by atomic mass is 10.1. The number of hydrogen-bond donors (Lipinski definition) is 1.